The second kappa shape index (κ2) is 8.53. The van der Waals surface area contributed by atoms with Gasteiger partial charge in [0, 0.05) is 23.5 Å². The van der Waals surface area contributed by atoms with E-state index in [4.69, 9.17) is 11.6 Å². The van der Waals surface area contributed by atoms with Crippen molar-refractivity contribution in [2.45, 2.75) is 44.6 Å². The minimum absolute atomic E-state index is 0.00546. The zero-order chi connectivity index (χ0) is 15.9. The number of hydrogen-bond acceptors (Lipinski definition) is 2. The van der Waals surface area contributed by atoms with E-state index in [1.54, 1.807) is 18.2 Å². The SMILES string of the molecule is O=C(CCNC(=O)c1ccc(Br)cc1Cl)NC1CCCCC1. The number of rotatable bonds is 5. The van der Waals surface area contributed by atoms with Crippen LogP contribution in [0.15, 0.2) is 22.7 Å². The molecule has 0 bridgehead atoms. The molecule has 1 fully saturated rings. The second-order valence-electron chi connectivity index (χ2n) is 5.53. The standard InChI is InChI=1S/C16H20BrClN2O2/c17-11-6-7-13(14(18)10-11)16(22)19-9-8-15(21)20-12-4-2-1-3-5-12/h6-7,10,12H,1-5,8-9H2,(H,19,22)(H,20,21). The van der Waals surface area contributed by atoms with Crippen LogP contribution in [0.25, 0.3) is 0 Å². The van der Waals surface area contributed by atoms with E-state index < -0.39 is 0 Å². The van der Waals surface area contributed by atoms with Crippen LogP contribution in [0, 0.1) is 0 Å². The van der Waals surface area contributed by atoms with Gasteiger partial charge in [-0.3, -0.25) is 9.59 Å². The van der Waals surface area contributed by atoms with Gasteiger partial charge in [0.2, 0.25) is 5.91 Å². The van der Waals surface area contributed by atoms with Gasteiger partial charge in [0.25, 0.3) is 5.91 Å². The molecule has 2 rings (SSSR count). The summed E-state index contributed by atoms with van der Waals surface area (Å²) in [4.78, 5) is 23.9. The molecule has 120 valence electrons. The van der Waals surface area contributed by atoms with Crippen LogP contribution < -0.4 is 10.6 Å². The monoisotopic (exact) mass is 386 g/mol. The van der Waals surface area contributed by atoms with Gasteiger partial charge in [0.05, 0.1) is 10.6 Å². The molecule has 0 aliphatic heterocycles. The Kier molecular flexibility index (Phi) is 6.70. The molecule has 6 heteroatoms. The number of benzene rings is 1. The van der Waals surface area contributed by atoms with Crippen molar-refractivity contribution in [3.05, 3.63) is 33.3 Å². The van der Waals surface area contributed by atoms with Gasteiger partial charge in [0.15, 0.2) is 0 Å². The molecule has 1 saturated carbocycles. The number of halogens is 2. The molecule has 0 unspecified atom stereocenters. The minimum atomic E-state index is -0.261. The van der Waals surface area contributed by atoms with E-state index in [0.29, 0.717) is 23.2 Å². The third-order valence-electron chi connectivity index (χ3n) is 3.78. The molecule has 0 spiro atoms. The zero-order valence-corrected chi connectivity index (χ0v) is 14.7. The molecule has 1 aromatic rings. The minimum Gasteiger partial charge on any atom is -0.353 e. The number of hydrogen-bond donors (Lipinski definition) is 2. The van der Waals surface area contributed by atoms with Gasteiger partial charge in [0.1, 0.15) is 0 Å². The van der Waals surface area contributed by atoms with Gasteiger partial charge in [-0.25, -0.2) is 0 Å². The highest BCUT2D eigenvalue weighted by molar-refractivity contribution is 9.10. The number of carbonyl (C=O) groups excluding carboxylic acids is 2. The van der Waals surface area contributed by atoms with Crippen LogP contribution in [0.1, 0.15) is 48.9 Å². The maximum atomic E-state index is 12.0. The van der Waals surface area contributed by atoms with Gasteiger partial charge >= 0.3 is 0 Å². The summed E-state index contributed by atoms with van der Waals surface area (Å²) >= 11 is 9.32. The fraction of sp³-hybridized carbons (Fsp3) is 0.500. The summed E-state index contributed by atoms with van der Waals surface area (Å²) in [5.74, 6) is -0.267. The Balaban J connectivity index is 1.73. The van der Waals surface area contributed by atoms with Gasteiger partial charge in [-0.2, -0.15) is 0 Å². The van der Waals surface area contributed by atoms with Gasteiger partial charge < -0.3 is 10.6 Å². The van der Waals surface area contributed by atoms with E-state index in [1.807, 2.05) is 0 Å². The molecular formula is C16H20BrClN2O2. The third kappa shape index (κ3) is 5.29. The predicted molar refractivity (Wildman–Crippen MR) is 91.1 cm³/mol. The molecule has 2 amide bonds. The van der Waals surface area contributed by atoms with Crippen molar-refractivity contribution in [3.8, 4) is 0 Å². The van der Waals surface area contributed by atoms with Crippen molar-refractivity contribution in [1.82, 2.24) is 10.6 Å². The van der Waals surface area contributed by atoms with Crippen LogP contribution in [0.5, 0.6) is 0 Å². The highest BCUT2D eigenvalue weighted by atomic mass is 79.9. The predicted octanol–water partition coefficient (Wildman–Crippen LogP) is 3.67. The van der Waals surface area contributed by atoms with Crippen LogP contribution in [0.3, 0.4) is 0 Å². The second-order valence-corrected chi connectivity index (χ2v) is 6.86. The van der Waals surface area contributed by atoms with Gasteiger partial charge in [-0.05, 0) is 31.0 Å². The normalized spacial score (nSPS) is 15.4. The van der Waals surface area contributed by atoms with Crippen LogP contribution in [-0.4, -0.2) is 24.4 Å². The molecule has 1 aliphatic rings. The molecule has 0 atom stereocenters. The lowest BCUT2D eigenvalue weighted by atomic mass is 9.95. The smallest absolute Gasteiger partial charge is 0.252 e. The van der Waals surface area contributed by atoms with Crippen LogP contribution in [-0.2, 0) is 4.79 Å². The average molecular weight is 388 g/mol. The first-order valence-corrected chi connectivity index (χ1v) is 8.76. The summed E-state index contributed by atoms with van der Waals surface area (Å²) in [6.45, 7) is 0.309. The first-order chi connectivity index (χ1) is 10.6. The quantitative estimate of drug-likeness (QED) is 0.810. The third-order valence-corrected chi connectivity index (χ3v) is 4.59. The van der Waals surface area contributed by atoms with Crippen molar-refractivity contribution < 1.29 is 9.59 Å². The first kappa shape index (κ1) is 17.3. The molecule has 4 nitrogen and oxygen atoms in total. The lowest BCUT2D eigenvalue weighted by Crippen LogP contribution is -2.38. The van der Waals surface area contributed by atoms with E-state index >= 15 is 0 Å². The van der Waals surface area contributed by atoms with Crippen molar-refractivity contribution in [2.75, 3.05) is 6.54 Å². The lowest BCUT2D eigenvalue weighted by molar-refractivity contribution is -0.121. The summed E-state index contributed by atoms with van der Waals surface area (Å²) in [7, 11) is 0. The van der Waals surface area contributed by atoms with Crippen LogP contribution in [0.2, 0.25) is 5.02 Å². The van der Waals surface area contributed by atoms with Crippen molar-refractivity contribution in [1.29, 1.82) is 0 Å². The Morgan fingerprint density at radius 1 is 1.23 bits per heavy atom. The summed E-state index contributed by atoms with van der Waals surface area (Å²) in [5.41, 5.74) is 0.414. The van der Waals surface area contributed by atoms with Crippen LogP contribution >= 0.6 is 27.5 Å². The van der Waals surface area contributed by atoms with E-state index in [-0.39, 0.29) is 18.2 Å². The molecule has 0 heterocycles. The molecule has 0 radical (unpaired) electrons. The topological polar surface area (TPSA) is 58.2 Å². The van der Waals surface area contributed by atoms with Crippen LogP contribution in [0.4, 0.5) is 0 Å². The van der Waals surface area contributed by atoms with E-state index in [0.717, 1.165) is 17.3 Å². The van der Waals surface area contributed by atoms with E-state index in [1.165, 1.54) is 19.3 Å². The Hall–Kier alpha value is -1.07. The molecule has 1 aliphatic carbocycles. The average Bonchev–Trinajstić information content (AvgIpc) is 2.48. The highest BCUT2D eigenvalue weighted by Gasteiger charge is 2.16. The molecule has 22 heavy (non-hydrogen) atoms. The molecule has 1 aromatic carbocycles. The Morgan fingerprint density at radius 2 is 1.95 bits per heavy atom. The van der Waals surface area contributed by atoms with Crippen molar-refractivity contribution >= 4 is 39.3 Å². The Labute approximate surface area is 144 Å². The molecular weight excluding hydrogens is 368 g/mol. The number of amides is 2. The summed E-state index contributed by atoms with van der Waals surface area (Å²) in [6.07, 6.45) is 6.04. The highest BCUT2D eigenvalue weighted by Crippen LogP contribution is 2.21. The fourth-order valence-corrected chi connectivity index (χ4v) is 3.36. The number of nitrogens with one attached hydrogen (secondary N) is 2. The van der Waals surface area contributed by atoms with Crippen molar-refractivity contribution in [3.63, 3.8) is 0 Å². The molecule has 0 aromatic heterocycles. The summed E-state index contributed by atoms with van der Waals surface area (Å²) < 4.78 is 0.820. The van der Waals surface area contributed by atoms with E-state index in [2.05, 4.69) is 26.6 Å². The summed E-state index contributed by atoms with van der Waals surface area (Å²) in [5, 5.41) is 6.14. The van der Waals surface area contributed by atoms with Crippen molar-refractivity contribution in [2.24, 2.45) is 0 Å². The summed E-state index contributed by atoms with van der Waals surface area (Å²) in [6, 6.07) is 5.39. The maximum Gasteiger partial charge on any atom is 0.252 e. The largest absolute Gasteiger partial charge is 0.353 e. The first-order valence-electron chi connectivity index (χ1n) is 7.59. The number of carbonyl (C=O) groups is 2. The molecule has 0 saturated heterocycles. The Bertz CT molecular complexity index is 545. The molecule has 2 N–H and O–H groups in total. The van der Waals surface area contributed by atoms with E-state index in [9.17, 15) is 9.59 Å². The van der Waals surface area contributed by atoms with Gasteiger partial charge in [-0.1, -0.05) is 46.8 Å². The maximum absolute atomic E-state index is 12.0. The fourth-order valence-electron chi connectivity index (χ4n) is 2.61. The Morgan fingerprint density at radius 3 is 2.64 bits per heavy atom. The lowest BCUT2D eigenvalue weighted by Gasteiger charge is -2.22. The zero-order valence-electron chi connectivity index (χ0n) is 12.3. The van der Waals surface area contributed by atoms with Gasteiger partial charge in [-0.15, -0.1) is 0 Å².